The van der Waals surface area contributed by atoms with E-state index < -0.39 is 12.6 Å². The summed E-state index contributed by atoms with van der Waals surface area (Å²) in [4.78, 5) is 26.2. The van der Waals surface area contributed by atoms with Crippen molar-refractivity contribution in [1.82, 2.24) is 4.90 Å². The van der Waals surface area contributed by atoms with E-state index in [9.17, 15) is 14.7 Å². The number of nitrogens with zero attached hydrogens (tertiary/aromatic N) is 1. The van der Waals surface area contributed by atoms with Gasteiger partial charge in [0.25, 0.3) is 5.91 Å². The molecule has 0 aliphatic carbocycles. The molecule has 0 aliphatic heterocycles. The van der Waals surface area contributed by atoms with E-state index >= 15 is 0 Å². The molecule has 0 saturated heterocycles. The van der Waals surface area contributed by atoms with E-state index in [4.69, 9.17) is 14.2 Å². The van der Waals surface area contributed by atoms with Crippen molar-refractivity contribution in [1.29, 1.82) is 0 Å². The lowest BCUT2D eigenvalue weighted by atomic mass is 10.1. The van der Waals surface area contributed by atoms with Crippen LogP contribution in [0.5, 0.6) is 17.2 Å². The highest BCUT2D eigenvalue weighted by molar-refractivity contribution is 5.93. The predicted molar refractivity (Wildman–Crippen MR) is 108 cm³/mol. The fourth-order valence-electron chi connectivity index (χ4n) is 2.79. The molecule has 1 amide bonds. The number of aromatic hydroxyl groups is 1. The van der Waals surface area contributed by atoms with Gasteiger partial charge in [-0.3, -0.25) is 4.79 Å². The highest BCUT2D eigenvalue weighted by Crippen LogP contribution is 2.28. The minimum Gasteiger partial charge on any atom is -0.507 e. The molecule has 2 aromatic rings. The number of hydrogen-bond acceptors (Lipinski definition) is 6. The zero-order chi connectivity index (χ0) is 21.4. The van der Waals surface area contributed by atoms with Gasteiger partial charge in [-0.05, 0) is 56.2 Å². The SMILES string of the molecule is CCOc1ccc(CN(CC)C(=O)COC(=O)c2ccc(C)cc2O)cc1OC. The Morgan fingerprint density at radius 2 is 1.83 bits per heavy atom. The van der Waals surface area contributed by atoms with Crippen LogP contribution < -0.4 is 9.47 Å². The van der Waals surface area contributed by atoms with Crippen LogP contribution in [0.1, 0.15) is 35.3 Å². The van der Waals surface area contributed by atoms with Crippen molar-refractivity contribution in [3.8, 4) is 17.2 Å². The van der Waals surface area contributed by atoms with Crippen molar-refractivity contribution in [3.63, 3.8) is 0 Å². The molecule has 7 heteroatoms. The van der Waals surface area contributed by atoms with Crippen molar-refractivity contribution in [2.45, 2.75) is 27.3 Å². The smallest absolute Gasteiger partial charge is 0.342 e. The van der Waals surface area contributed by atoms with Crippen molar-refractivity contribution in [2.75, 3.05) is 26.9 Å². The van der Waals surface area contributed by atoms with Crippen LogP contribution in [0.4, 0.5) is 0 Å². The fourth-order valence-corrected chi connectivity index (χ4v) is 2.79. The minimum atomic E-state index is -0.741. The molecular weight excluding hydrogens is 374 g/mol. The van der Waals surface area contributed by atoms with Crippen LogP contribution in [0.3, 0.4) is 0 Å². The van der Waals surface area contributed by atoms with Crippen LogP contribution in [0.25, 0.3) is 0 Å². The number of ether oxygens (including phenoxy) is 3. The third-order valence-corrected chi connectivity index (χ3v) is 4.34. The summed E-state index contributed by atoms with van der Waals surface area (Å²) in [6.45, 7) is 6.44. The Morgan fingerprint density at radius 3 is 2.45 bits per heavy atom. The van der Waals surface area contributed by atoms with Gasteiger partial charge >= 0.3 is 5.97 Å². The first-order valence-electron chi connectivity index (χ1n) is 9.43. The van der Waals surface area contributed by atoms with E-state index in [0.29, 0.717) is 31.2 Å². The largest absolute Gasteiger partial charge is 0.507 e. The van der Waals surface area contributed by atoms with Gasteiger partial charge in [-0.15, -0.1) is 0 Å². The van der Waals surface area contributed by atoms with E-state index in [2.05, 4.69) is 0 Å². The maximum atomic E-state index is 12.5. The van der Waals surface area contributed by atoms with Crippen LogP contribution in [-0.4, -0.2) is 48.8 Å². The number of rotatable bonds is 9. The molecule has 1 N–H and O–H groups in total. The van der Waals surface area contributed by atoms with E-state index in [1.807, 2.05) is 26.0 Å². The van der Waals surface area contributed by atoms with Crippen LogP contribution in [0, 0.1) is 6.92 Å². The summed E-state index contributed by atoms with van der Waals surface area (Å²) < 4.78 is 15.9. The molecule has 0 aromatic heterocycles. The first kappa shape index (κ1) is 22.1. The summed E-state index contributed by atoms with van der Waals surface area (Å²) in [6.07, 6.45) is 0. The number of carbonyl (C=O) groups is 2. The minimum absolute atomic E-state index is 0.0303. The highest BCUT2D eigenvalue weighted by Gasteiger charge is 2.18. The molecule has 0 spiro atoms. The van der Waals surface area contributed by atoms with Crippen molar-refractivity contribution >= 4 is 11.9 Å². The molecule has 0 aliphatic rings. The molecule has 7 nitrogen and oxygen atoms in total. The lowest BCUT2D eigenvalue weighted by Crippen LogP contribution is -2.34. The average molecular weight is 401 g/mol. The van der Waals surface area contributed by atoms with Gasteiger partial charge in [0.1, 0.15) is 11.3 Å². The molecular formula is C22H27NO6. The van der Waals surface area contributed by atoms with Gasteiger partial charge in [-0.2, -0.15) is 0 Å². The molecule has 0 unspecified atom stereocenters. The Hall–Kier alpha value is -3.22. The molecule has 2 rings (SSSR count). The molecule has 2 aromatic carbocycles. The van der Waals surface area contributed by atoms with Crippen molar-refractivity contribution in [2.24, 2.45) is 0 Å². The number of aryl methyl sites for hydroxylation is 1. The quantitative estimate of drug-likeness (QED) is 0.649. The first-order valence-corrected chi connectivity index (χ1v) is 9.43. The Bertz CT molecular complexity index is 864. The third kappa shape index (κ3) is 5.88. The monoisotopic (exact) mass is 401 g/mol. The number of hydrogen-bond donors (Lipinski definition) is 1. The Balaban J connectivity index is 2.00. The number of esters is 1. The van der Waals surface area contributed by atoms with Gasteiger partial charge in [0, 0.05) is 13.1 Å². The zero-order valence-corrected chi connectivity index (χ0v) is 17.2. The summed E-state index contributed by atoms with van der Waals surface area (Å²) in [5.74, 6) is -0.0136. The fraction of sp³-hybridized carbons (Fsp3) is 0.364. The summed E-state index contributed by atoms with van der Waals surface area (Å²) in [5, 5.41) is 9.87. The second-order valence-corrected chi connectivity index (χ2v) is 6.42. The maximum absolute atomic E-state index is 12.5. The summed E-state index contributed by atoms with van der Waals surface area (Å²) >= 11 is 0. The molecule has 0 bridgehead atoms. The number of carbonyl (C=O) groups excluding carboxylic acids is 2. The second kappa shape index (κ2) is 10.4. The lowest BCUT2D eigenvalue weighted by molar-refractivity contribution is -0.134. The number of benzene rings is 2. The molecule has 0 heterocycles. The first-order chi connectivity index (χ1) is 13.9. The number of amides is 1. The molecule has 156 valence electrons. The summed E-state index contributed by atoms with van der Waals surface area (Å²) in [5.41, 5.74) is 1.71. The Labute approximate surface area is 170 Å². The van der Waals surface area contributed by atoms with Gasteiger partial charge in [-0.1, -0.05) is 12.1 Å². The number of phenols is 1. The summed E-state index contributed by atoms with van der Waals surface area (Å²) in [7, 11) is 1.56. The highest BCUT2D eigenvalue weighted by atomic mass is 16.5. The Morgan fingerprint density at radius 1 is 1.07 bits per heavy atom. The van der Waals surface area contributed by atoms with Crippen LogP contribution >= 0.6 is 0 Å². The van der Waals surface area contributed by atoms with E-state index in [1.54, 1.807) is 31.1 Å². The van der Waals surface area contributed by atoms with Crippen molar-refractivity contribution in [3.05, 3.63) is 53.1 Å². The zero-order valence-electron chi connectivity index (χ0n) is 17.2. The van der Waals surface area contributed by atoms with E-state index in [1.165, 1.54) is 12.1 Å². The van der Waals surface area contributed by atoms with Crippen molar-refractivity contribution < 1.29 is 28.9 Å². The van der Waals surface area contributed by atoms with E-state index in [-0.39, 0.29) is 17.2 Å². The van der Waals surface area contributed by atoms with Crippen LogP contribution in [0.15, 0.2) is 36.4 Å². The second-order valence-electron chi connectivity index (χ2n) is 6.42. The number of likely N-dealkylation sites (N-methyl/N-ethyl adjacent to an activating group) is 1. The predicted octanol–water partition coefficient (Wildman–Crippen LogP) is 3.31. The van der Waals surface area contributed by atoms with Gasteiger partial charge in [0.2, 0.25) is 0 Å². The standard InChI is InChI=1S/C22H27NO6/c1-5-23(13-16-8-10-19(28-6-2)20(12-16)27-4)21(25)14-29-22(26)17-9-7-15(3)11-18(17)24/h7-12,24H,5-6,13-14H2,1-4H3. The van der Waals surface area contributed by atoms with E-state index in [0.717, 1.165) is 11.1 Å². The molecule has 0 atom stereocenters. The van der Waals surface area contributed by atoms with Crippen LogP contribution in [0.2, 0.25) is 0 Å². The topological polar surface area (TPSA) is 85.3 Å². The normalized spacial score (nSPS) is 10.3. The molecule has 0 fully saturated rings. The molecule has 0 saturated carbocycles. The molecule has 29 heavy (non-hydrogen) atoms. The van der Waals surface area contributed by atoms with Gasteiger partial charge in [0.05, 0.1) is 13.7 Å². The Kier molecular flexibility index (Phi) is 7.88. The molecule has 0 radical (unpaired) electrons. The maximum Gasteiger partial charge on any atom is 0.342 e. The number of phenolic OH excluding ortho intramolecular Hbond substituents is 1. The van der Waals surface area contributed by atoms with Crippen LogP contribution in [-0.2, 0) is 16.1 Å². The average Bonchev–Trinajstić information content (AvgIpc) is 2.71. The van der Waals surface area contributed by atoms with Gasteiger partial charge in [-0.25, -0.2) is 4.79 Å². The number of methoxy groups -OCH3 is 1. The third-order valence-electron chi connectivity index (χ3n) is 4.34. The van der Waals surface area contributed by atoms with Gasteiger partial charge in [0.15, 0.2) is 18.1 Å². The summed E-state index contributed by atoms with van der Waals surface area (Å²) in [6, 6.07) is 10.1. The lowest BCUT2D eigenvalue weighted by Gasteiger charge is -2.21. The van der Waals surface area contributed by atoms with Gasteiger partial charge < -0.3 is 24.2 Å².